The van der Waals surface area contributed by atoms with Crippen LogP contribution >= 0.6 is 27.3 Å². The molecule has 0 bridgehead atoms. The van der Waals surface area contributed by atoms with E-state index in [0.717, 1.165) is 14.7 Å². The molecule has 27 heavy (non-hydrogen) atoms. The number of thiazole rings is 1. The van der Waals surface area contributed by atoms with Crippen LogP contribution in [-0.2, 0) is 31.2 Å². The smallest absolute Gasteiger partial charge is 0.263 e. The summed E-state index contributed by atoms with van der Waals surface area (Å²) in [6.07, 6.45) is 0. The molecule has 0 N–H and O–H groups in total. The van der Waals surface area contributed by atoms with Crippen LogP contribution in [0.3, 0.4) is 0 Å². The molecule has 2 heterocycles. The van der Waals surface area contributed by atoms with Crippen molar-refractivity contribution < 1.29 is 22.7 Å². The lowest BCUT2D eigenvalue weighted by Crippen LogP contribution is -2.43. The Hall–Kier alpha value is -1.56. The van der Waals surface area contributed by atoms with Crippen molar-refractivity contribution in [3.63, 3.8) is 0 Å². The number of benzene rings is 1. The lowest BCUT2D eigenvalue weighted by Gasteiger charge is -2.26. The second-order valence-corrected chi connectivity index (χ2v) is 10.1. The van der Waals surface area contributed by atoms with Crippen molar-refractivity contribution in [1.29, 1.82) is 0 Å². The van der Waals surface area contributed by atoms with Crippen LogP contribution in [0.2, 0.25) is 0 Å². The highest BCUT2D eigenvalue weighted by molar-refractivity contribution is 9.10. The first-order valence-electron chi connectivity index (χ1n) is 8.14. The minimum atomic E-state index is -3.89. The predicted octanol–water partition coefficient (Wildman–Crippen LogP) is 0.703. The van der Waals surface area contributed by atoms with Gasteiger partial charge in [0.2, 0.25) is 5.91 Å². The quantitative estimate of drug-likeness (QED) is 0.648. The van der Waals surface area contributed by atoms with Crippen molar-refractivity contribution in [3.05, 3.63) is 27.5 Å². The maximum Gasteiger partial charge on any atom is 0.263 e. The lowest BCUT2D eigenvalue weighted by atomic mass is 10.3. The summed E-state index contributed by atoms with van der Waals surface area (Å²) in [6.45, 7) is 1.50. The Morgan fingerprint density at radius 2 is 1.96 bits per heavy atom. The van der Waals surface area contributed by atoms with Gasteiger partial charge < -0.3 is 14.2 Å². The molecule has 1 fully saturated rings. The van der Waals surface area contributed by atoms with Crippen molar-refractivity contribution in [2.75, 3.05) is 37.8 Å². The summed E-state index contributed by atoms with van der Waals surface area (Å²) < 4.78 is 33.1. The Labute approximate surface area is 168 Å². The molecule has 0 radical (unpaired) electrons. The minimum absolute atomic E-state index is 0.361. The van der Waals surface area contributed by atoms with Gasteiger partial charge in [0.25, 0.3) is 5.91 Å². The van der Waals surface area contributed by atoms with Gasteiger partial charge in [0.05, 0.1) is 23.4 Å². The number of ether oxygens (including phenoxy) is 1. The van der Waals surface area contributed by atoms with Gasteiger partial charge in [0.15, 0.2) is 14.6 Å². The number of carbonyl (C=O) groups is 2. The number of nitrogens with zero attached hydrogens (tertiary/aromatic N) is 3. The summed E-state index contributed by atoms with van der Waals surface area (Å²) in [6, 6.07) is 5.67. The summed E-state index contributed by atoms with van der Waals surface area (Å²) in [5, 5.41) is 0. The summed E-state index contributed by atoms with van der Waals surface area (Å²) >= 11 is 4.68. The van der Waals surface area contributed by atoms with E-state index in [1.165, 1.54) is 16.2 Å². The van der Waals surface area contributed by atoms with E-state index in [1.54, 1.807) is 11.6 Å². The maximum absolute atomic E-state index is 12.2. The third kappa shape index (κ3) is 5.03. The van der Waals surface area contributed by atoms with Crippen LogP contribution in [0, 0.1) is 0 Å². The van der Waals surface area contributed by atoms with Crippen molar-refractivity contribution in [2.24, 2.45) is 12.0 Å². The fourth-order valence-electron chi connectivity index (χ4n) is 2.68. The molecule has 1 aromatic heterocycles. The zero-order valence-electron chi connectivity index (χ0n) is 14.6. The molecule has 1 aliphatic heterocycles. The van der Waals surface area contributed by atoms with Crippen molar-refractivity contribution in [1.82, 2.24) is 9.47 Å². The van der Waals surface area contributed by atoms with Crippen LogP contribution in [-0.4, -0.2) is 67.5 Å². The molecule has 2 amide bonds. The molecule has 0 saturated carbocycles. The minimum Gasteiger partial charge on any atom is -0.378 e. The van der Waals surface area contributed by atoms with Gasteiger partial charge in [-0.25, -0.2) is 8.42 Å². The van der Waals surface area contributed by atoms with Crippen LogP contribution < -0.4 is 4.80 Å². The zero-order chi connectivity index (χ0) is 19.6. The molecule has 0 atom stereocenters. The number of morpholine rings is 1. The number of hydrogen-bond donors (Lipinski definition) is 0. The first-order valence-corrected chi connectivity index (χ1v) is 11.6. The van der Waals surface area contributed by atoms with Gasteiger partial charge in [-0.05, 0) is 18.2 Å². The molecule has 1 aliphatic rings. The topological polar surface area (TPSA) is 98.0 Å². The van der Waals surface area contributed by atoms with E-state index in [1.807, 2.05) is 18.2 Å². The summed E-state index contributed by atoms with van der Waals surface area (Å²) in [5.74, 6) is -2.78. The van der Waals surface area contributed by atoms with Crippen LogP contribution in [0.1, 0.15) is 0 Å². The lowest BCUT2D eigenvalue weighted by molar-refractivity contribution is -0.132. The number of rotatable bonds is 4. The second kappa shape index (κ2) is 8.21. The fourth-order valence-corrected chi connectivity index (χ4v) is 5.37. The Morgan fingerprint density at radius 3 is 2.67 bits per heavy atom. The van der Waals surface area contributed by atoms with Crippen LogP contribution in [0.5, 0.6) is 0 Å². The third-order valence-corrected chi connectivity index (χ3v) is 7.00. The van der Waals surface area contributed by atoms with E-state index in [2.05, 4.69) is 20.9 Å². The number of aryl methyl sites for hydroxylation is 1. The maximum atomic E-state index is 12.2. The summed E-state index contributed by atoms with van der Waals surface area (Å²) in [5.41, 5.74) is 0.889. The van der Waals surface area contributed by atoms with Crippen LogP contribution in [0.25, 0.3) is 10.2 Å². The van der Waals surface area contributed by atoms with E-state index in [-0.39, 0.29) is 0 Å². The molecule has 1 aromatic carbocycles. The number of aromatic nitrogens is 1. The highest BCUT2D eigenvalue weighted by Gasteiger charge is 2.25. The van der Waals surface area contributed by atoms with Gasteiger partial charge in [-0.1, -0.05) is 27.3 Å². The number of halogens is 1. The molecule has 0 unspecified atom stereocenters. The van der Waals surface area contributed by atoms with E-state index in [0.29, 0.717) is 31.1 Å². The molecule has 8 nitrogen and oxygen atoms in total. The van der Waals surface area contributed by atoms with Gasteiger partial charge >= 0.3 is 0 Å². The number of sulfone groups is 1. The van der Waals surface area contributed by atoms with E-state index in [4.69, 9.17) is 4.74 Å². The normalized spacial score (nSPS) is 16.1. The second-order valence-electron chi connectivity index (χ2n) is 6.09. The van der Waals surface area contributed by atoms with Gasteiger partial charge in [-0.2, -0.15) is 4.99 Å². The molecule has 11 heteroatoms. The number of amides is 2. The van der Waals surface area contributed by atoms with Crippen molar-refractivity contribution >= 4 is 59.1 Å². The standard InChI is InChI=1S/C16H18BrN3O5S2/c1-19-12-3-2-11(17)8-13(12)26-16(19)18-14(21)9-27(23,24)10-15(22)20-4-6-25-7-5-20/h2-3,8H,4-7,9-10H2,1H3. The monoisotopic (exact) mass is 475 g/mol. The zero-order valence-corrected chi connectivity index (χ0v) is 17.8. The molecule has 2 aromatic rings. The predicted molar refractivity (Wildman–Crippen MR) is 105 cm³/mol. The molecule has 0 aliphatic carbocycles. The molecular formula is C16H18BrN3O5S2. The Morgan fingerprint density at radius 1 is 1.26 bits per heavy atom. The third-order valence-electron chi connectivity index (χ3n) is 4.04. The first-order chi connectivity index (χ1) is 12.7. The van der Waals surface area contributed by atoms with E-state index >= 15 is 0 Å². The molecule has 3 rings (SSSR count). The van der Waals surface area contributed by atoms with Gasteiger partial charge in [-0.15, -0.1) is 0 Å². The van der Waals surface area contributed by atoms with Crippen LogP contribution in [0.15, 0.2) is 27.7 Å². The van der Waals surface area contributed by atoms with Crippen molar-refractivity contribution in [3.8, 4) is 0 Å². The average Bonchev–Trinajstić information content (AvgIpc) is 2.89. The Balaban J connectivity index is 1.73. The van der Waals surface area contributed by atoms with Gasteiger partial charge in [0.1, 0.15) is 11.5 Å². The summed E-state index contributed by atoms with van der Waals surface area (Å²) in [4.78, 5) is 30.1. The summed E-state index contributed by atoms with van der Waals surface area (Å²) in [7, 11) is -2.13. The number of fused-ring (bicyclic) bond motifs is 1. The fraction of sp³-hybridized carbons (Fsp3) is 0.438. The Kier molecular flexibility index (Phi) is 6.14. The highest BCUT2D eigenvalue weighted by Crippen LogP contribution is 2.21. The van der Waals surface area contributed by atoms with E-state index in [9.17, 15) is 18.0 Å². The highest BCUT2D eigenvalue weighted by atomic mass is 79.9. The first kappa shape index (κ1) is 20.2. The molecule has 1 saturated heterocycles. The van der Waals surface area contributed by atoms with E-state index < -0.39 is 33.2 Å². The number of hydrogen-bond acceptors (Lipinski definition) is 6. The largest absolute Gasteiger partial charge is 0.378 e. The van der Waals surface area contributed by atoms with Crippen molar-refractivity contribution in [2.45, 2.75) is 0 Å². The number of carbonyl (C=O) groups excluding carboxylic acids is 2. The molecule has 0 spiro atoms. The molecule has 146 valence electrons. The van der Waals surface area contributed by atoms with Crippen LogP contribution in [0.4, 0.5) is 0 Å². The van der Waals surface area contributed by atoms with Gasteiger partial charge in [-0.3, -0.25) is 9.59 Å². The average molecular weight is 476 g/mol. The van der Waals surface area contributed by atoms with Gasteiger partial charge in [0, 0.05) is 24.6 Å². The molecular weight excluding hydrogens is 458 g/mol. The Bertz CT molecular complexity index is 1050. The SMILES string of the molecule is Cn1c(=NC(=O)CS(=O)(=O)CC(=O)N2CCOCC2)sc2cc(Br)ccc21.